The first-order valence-electron chi connectivity index (χ1n) is 7.46. The van der Waals surface area contributed by atoms with Crippen LogP contribution < -0.4 is 5.32 Å². The molecular formula is C17H25ClN2. The second-order valence-corrected chi connectivity index (χ2v) is 5.67. The van der Waals surface area contributed by atoms with Gasteiger partial charge >= 0.3 is 0 Å². The van der Waals surface area contributed by atoms with Gasteiger partial charge in [0, 0.05) is 19.0 Å². The highest BCUT2D eigenvalue weighted by Gasteiger charge is 2.25. The van der Waals surface area contributed by atoms with Gasteiger partial charge < -0.3 is 5.32 Å². The van der Waals surface area contributed by atoms with Crippen molar-refractivity contribution in [3.63, 3.8) is 0 Å². The number of halogens is 1. The van der Waals surface area contributed by atoms with Crippen molar-refractivity contribution in [3.05, 3.63) is 35.9 Å². The minimum atomic E-state index is 0. The molecule has 1 N–H and O–H groups in total. The summed E-state index contributed by atoms with van der Waals surface area (Å²) in [4.78, 5) is 0. The Morgan fingerprint density at radius 3 is 2.45 bits per heavy atom. The molecule has 110 valence electrons. The molecule has 1 unspecified atom stereocenters. The number of nitrogens with zero attached hydrogens (tertiary/aromatic N) is 1. The van der Waals surface area contributed by atoms with Gasteiger partial charge in [-0.2, -0.15) is 5.26 Å². The van der Waals surface area contributed by atoms with Gasteiger partial charge in [-0.15, -0.1) is 12.4 Å². The molecule has 0 heterocycles. The summed E-state index contributed by atoms with van der Waals surface area (Å²) >= 11 is 0. The normalized spacial score (nSPS) is 23.4. The molecule has 0 spiro atoms. The van der Waals surface area contributed by atoms with Gasteiger partial charge in [0.1, 0.15) is 0 Å². The molecular weight excluding hydrogens is 268 g/mol. The molecule has 1 fully saturated rings. The summed E-state index contributed by atoms with van der Waals surface area (Å²) in [5, 5.41) is 12.0. The van der Waals surface area contributed by atoms with Crippen LogP contribution in [-0.2, 0) is 0 Å². The van der Waals surface area contributed by atoms with Crippen LogP contribution in [0.1, 0.15) is 50.5 Å². The summed E-state index contributed by atoms with van der Waals surface area (Å²) in [5.41, 5.74) is 1.51. The van der Waals surface area contributed by atoms with Crippen molar-refractivity contribution in [1.29, 1.82) is 5.26 Å². The van der Waals surface area contributed by atoms with Gasteiger partial charge in [-0.3, -0.25) is 0 Å². The molecule has 0 radical (unpaired) electrons. The zero-order valence-corrected chi connectivity index (χ0v) is 13.0. The van der Waals surface area contributed by atoms with Gasteiger partial charge in [-0.25, -0.2) is 0 Å². The Labute approximate surface area is 129 Å². The Bertz CT molecular complexity index is 405. The topological polar surface area (TPSA) is 35.8 Å². The van der Waals surface area contributed by atoms with Crippen LogP contribution in [0.2, 0.25) is 0 Å². The average Bonchev–Trinajstić information content (AvgIpc) is 2.48. The SMILES string of the molecule is CC(NCCC#N)C1CCC(c2ccccc2)CC1.Cl. The van der Waals surface area contributed by atoms with Crippen LogP contribution in [0, 0.1) is 17.2 Å². The van der Waals surface area contributed by atoms with Crippen molar-refractivity contribution in [1.82, 2.24) is 5.32 Å². The smallest absolute Gasteiger partial charge is 0.0635 e. The molecule has 0 aromatic heterocycles. The molecule has 2 rings (SSSR count). The lowest BCUT2D eigenvalue weighted by Crippen LogP contribution is -2.36. The number of hydrogen-bond donors (Lipinski definition) is 1. The maximum absolute atomic E-state index is 8.56. The standard InChI is InChI=1S/C17H24N2.ClH/c1-14(19-13-5-12-18)15-8-10-17(11-9-15)16-6-3-2-4-7-16;/h2-4,6-7,14-15,17,19H,5,8-11,13H2,1H3;1H. The summed E-state index contributed by atoms with van der Waals surface area (Å²) in [5.74, 6) is 1.53. The minimum absolute atomic E-state index is 0. The van der Waals surface area contributed by atoms with E-state index in [4.69, 9.17) is 5.26 Å². The van der Waals surface area contributed by atoms with Crippen LogP contribution in [0.25, 0.3) is 0 Å². The number of rotatable bonds is 5. The molecule has 20 heavy (non-hydrogen) atoms. The maximum atomic E-state index is 8.56. The Morgan fingerprint density at radius 2 is 1.85 bits per heavy atom. The monoisotopic (exact) mass is 292 g/mol. The lowest BCUT2D eigenvalue weighted by Gasteiger charge is -2.33. The molecule has 2 nitrogen and oxygen atoms in total. The van der Waals surface area contributed by atoms with Crippen LogP contribution >= 0.6 is 12.4 Å². The molecule has 1 atom stereocenters. The van der Waals surface area contributed by atoms with Crippen LogP contribution in [-0.4, -0.2) is 12.6 Å². The summed E-state index contributed by atoms with van der Waals surface area (Å²) in [7, 11) is 0. The molecule has 0 amide bonds. The van der Waals surface area contributed by atoms with Crippen molar-refractivity contribution in [2.45, 2.75) is 51.0 Å². The first-order chi connectivity index (χ1) is 9.31. The Balaban J connectivity index is 0.00000200. The van der Waals surface area contributed by atoms with E-state index in [2.05, 4.69) is 48.6 Å². The zero-order valence-electron chi connectivity index (χ0n) is 12.2. The fourth-order valence-electron chi connectivity index (χ4n) is 3.20. The van der Waals surface area contributed by atoms with E-state index in [9.17, 15) is 0 Å². The Hall–Kier alpha value is -1.04. The van der Waals surface area contributed by atoms with E-state index in [1.807, 2.05) is 0 Å². The predicted octanol–water partition coefficient (Wildman–Crippen LogP) is 4.27. The van der Waals surface area contributed by atoms with Crippen LogP contribution in [0.5, 0.6) is 0 Å². The first-order valence-corrected chi connectivity index (χ1v) is 7.46. The van der Waals surface area contributed by atoms with Crippen molar-refractivity contribution in [2.75, 3.05) is 6.54 Å². The maximum Gasteiger partial charge on any atom is 0.0635 e. The first kappa shape index (κ1) is 17.0. The highest BCUT2D eigenvalue weighted by molar-refractivity contribution is 5.85. The van der Waals surface area contributed by atoms with Crippen LogP contribution in [0.15, 0.2) is 30.3 Å². The zero-order chi connectivity index (χ0) is 13.5. The van der Waals surface area contributed by atoms with E-state index in [1.54, 1.807) is 0 Å². The molecule has 3 heteroatoms. The molecule has 1 saturated carbocycles. The molecule has 1 aromatic carbocycles. The van der Waals surface area contributed by atoms with E-state index < -0.39 is 0 Å². The van der Waals surface area contributed by atoms with E-state index in [-0.39, 0.29) is 12.4 Å². The largest absolute Gasteiger partial charge is 0.313 e. The number of benzene rings is 1. The average molecular weight is 293 g/mol. The molecule has 0 aliphatic heterocycles. The number of nitrogens with one attached hydrogen (secondary N) is 1. The third-order valence-electron chi connectivity index (χ3n) is 4.45. The summed E-state index contributed by atoms with van der Waals surface area (Å²) < 4.78 is 0. The van der Waals surface area contributed by atoms with Crippen molar-refractivity contribution >= 4 is 12.4 Å². The molecule has 0 bridgehead atoms. The van der Waals surface area contributed by atoms with Crippen molar-refractivity contribution in [2.24, 2.45) is 5.92 Å². The summed E-state index contributed by atoms with van der Waals surface area (Å²) in [6.07, 6.45) is 5.84. The third kappa shape index (κ3) is 4.81. The van der Waals surface area contributed by atoms with E-state index in [0.29, 0.717) is 12.5 Å². The number of nitriles is 1. The van der Waals surface area contributed by atoms with Crippen LogP contribution in [0.4, 0.5) is 0 Å². The van der Waals surface area contributed by atoms with Crippen molar-refractivity contribution in [3.8, 4) is 6.07 Å². The predicted molar refractivity (Wildman–Crippen MR) is 86.1 cm³/mol. The second kappa shape index (κ2) is 9.00. The lowest BCUT2D eigenvalue weighted by atomic mass is 9.76. The van der Waals surface area contributed by atoms with E-state index in [1.165, 1.54) is 31.2 Å². The fourth-order valence-corrected chi connectivity index (χ4v) is 3.20. The van der Waals surface area contributed by atoms with Gasteiger partial charge in [0.15, 0.2) is 0 Å². The van der Waals surface area contributed by atoms with Crippen molar-refractivity contribution < 1.29 is 0 Å². The van der Waals surface area contributed by atoms with Crippen LogP contribution in [0.3, 0.4) is 0 Å². The Kier molecular flexibility index (Phi) is 7.65. The fraction of sp³-hybridized carbons (Fsp3) is 0.588. The summed E-state index contributed by atoms with van der Waals surface area (Å²) in [6.45, 7) is 3.10. The van der Waals surface area contributed by atoms with E-state index >= 15 is 0 Å². The van der Waals surface area contributed by atoms with Gasteiger partial charge in [-0.05, 0) is 50.0 Å². The third-order valence-corrected chi connectivity index (χ3v) is 4.45. The molecule has 1 aromatic rings. The molecule has 1 aliphatic rings. The van der Waals surface area contributed by atoms with Gasteiger partial charge in [0.2, 0.25) is 0 Å². The van der Waals surface area contributed by atoms with E-state index in [0.717, 1.165) is 18.4 Å². The number of hydrogen-bond acceptors (Lipinski definition) is 2. The molecule has 1 aliphatic carbocycles. The quantitative estimate of drug-likeness (QED) is 0.823. The lowest BCUT2D eigenvalue weighted by molar-refractivity contribution is 0.264. The summed E-state index contributed by atoms with van der Waals surface area (Å²) in [6, 6.07) is 13.7. The van der Waals surface area contributed by atoms with Gasteiger partial charge in [0.25, 0.3) is 0 Å². The van der Waals surface area contributed by atoms with Gasteiger partial charge in [-0.1, -0.05) is 30.3 Å². The highest BCUT2D eigenvalue weighted by atomic mass is 35.5. The second-order valence-electron chi connectivity index (χ2n) is 5.67. The van der Waals surface area contributed by atoms with Gasteiger partial charge in [0.05, 0.1) is 6.07 Å². The molecule has 0 saturated heterocycles. The highest BCUT2D eigenvalue weighted by Crippen LogP contribution is 2.36. The minimum Gasteiger partial charge on any atom is -0.313 e. The Morgan fingerprint density at radius 1 is 1.20 bits per heavy atom.